The average molecular weight is 393 g/mol. The van der Waals surface area contributed by atoms with Gasteiger partial charge in [-0.25, -0.2) is 4.79 Å². The van der Waals surface area contributed by atoms with Crippen molar-refractivity contribution in [3.63, 3.8) is 0 Å². The van der Waals surface area contributed by atoms with Gasteiger partial charge < -0.3 is 19.7 Å². The molecule has 1 aromatic carbocycles. The van der Waals surface area contributed by atoms with Gasteiger partial charge in [-0.1, -0.05) is 25.4 Å². The highest BCUT2D eigenvalue weighted by Gasteiger charge is 2.25. The molecule has 0 fully saturated rings. The van der Waals surface area contributed by atoms with Crippen LogP contribution in [0.3, 0.4) is 0 Å². The molecule has 0 aliphatic rings. The molecule has 0 radical (unpaired) electrons. The molecule has 144 valence electrons. The van der Waals surface area contributed by atoms with Crippen LogP contribution in [0.5, 0.6) is 0 Å². The Morgan fingerprint density at radius 1 is 1.19 bits per heavy atom. The third-order valence-corrected chi connectivity index (χ3v) is 4.07. The van der Waals surface area contributed by atoms with Crippen LogP contribution in [-0.2, 0) is 11.2 Å². The van der Waals surface area contributed by atoms with Gasteiger partial charge in [-0.2, -0.15) is 0 Å². The molecule has 1 heterocycles. The average Bonchev–Trinajstić information content (AvgIpc) is 3.07. The fourth-order valence-electron chi connectivity index (χ4n) is 2.56. The minimum Gasteiger partial charge on any atom is -0.478 e. The molecule has 27 heavy (non-hydrogen) atoms. The zero-order valence-electron chi connectivity index (χ0n) is 15.1. The number of carboxylic acids is 1. The van der Waals surface area contributed by atoms with Crippen molar-refractivity contribution in [3.8, 4) is 0 Å². The van der Waals surface area contributed by atoms with Crippen LogP contribution in [0.2, 0.25) is 5.02 Å². The van der Waals surface area contributed by atoms with Gasteiger partial charge in [-0.05, 0) is 30.7 Å². The van der Waals surface area contributed by atoms with E-state index in [-0.39, 0.29) is 29.5 Å². The van der Waals surface area contributed by atoms with Gasteiger partial charge in [-0.3, -0.25) is 9.59 Å². The van der Waals surface area contributed by atoms with Gasteiger partial charge in [0.1, 0.15) is 17.9 Å². The molecule has 2 amide bonds. The molecule has 2 rings (SSSR count). The molecule has 0 aliphatic carbocycles. The molecule has 0 bridgehead atoms. The number of anilines is 1. The second-order valence-corrected chi connectivity index (χ2v) is 6.32. The maximum Gasteiger partial charge on any atom is 0.339 e. The molecule has 0 aliphatic heterocycles. The van der Waals surface area contributed by atoms with Crippen LogP contribution in [0.1, 0.15) is 46.9 Å². The van der Waals surface area contributed by atoms with E-state index in [1.54, 1.807) is 31.2 Å². The summed E-state index contributed by atoms with van der Waals surface area (Å²) in [4.78, 5) is 37.6. The van der Waals surface area contributed by atoms with Gasteiger partial charge in [0, 0.05) is 29.7 Å². The SMILES string of the molecule is CCCN(CC(=O)Nc1ccc(Cl)cc1)C(=O)c1cc(C(=O)O)c(CC)o1. The number of benzene rings is 1. The number of amides is 2. The molecular weight excluding hydrogens is 372 g/mol. The predicted molar refractivity (Wildman–Crippen MR) is 101 cm³/mol. The standard InChI is InChI=1S/C19H21ClN2O5/c1-3-9-22(11-17(23)21-13-7-5-12(20)6-8-13)18(24)16-10-14(19(25)26)15(4-2)27-16/h5-8,10H,3-4,9,11H2,1-2H3,(H,21,23)(H,25,26). The summed E-state index contributed by atoms with van der Waals surface area (Å²) in [5.41, 5.74) is 0.524. The fraction of sp³-hybridized carbons (Fsp3) is 0.316. The van der Waals surface area contributed by atoms with E-state index in [0.717, 1.165) is 0 Å². The van der Waals surface area contributed by atoms with E-state index < -0.39 is 11.9 Å². The Labute approximate surface area is 161 Å². The first-order valence-electron chi connectivity index (χ1n) is 8.56. The van der Waals surface area contributed by atoms with Crippen molar-refractivity contribution < 1.29 is 23.9 Å². The number of furan rings is 1. The van der Waals surface area contributed by atoms with Crippen LogP contribution < -0.4 is 5.32 Å². The third kappa shape index (κ3) is 5.34. The second-order valence-electron chi connectivity index (χ2n) is 5.89. The van der Waals surface area contributed by atoms with Gasteiger partial charge in [0.2, 0.25) is 5.91 Å². The van der Waals surface area contributed by atoms with Gasteiger partial charge in [0.25, 0.3) is 5.91 Å². The van der Waals surface area contributed by atoms with E-state index in [2.05, 4.69) is 5.32 Å². The van der Waals surface area contributed by atoms with Crippen LogP contribution in [-0.4, -0.2) is 40.9 Å². The number of hydrogen-bond donors (Lipinski definition) is 2. The number of aryl methyl sites for hydroxylation is 1. The Morgan fingerprint density at radius 3 is 2.37 bits per heavy atom. The van der Waals surface area contributed by atoms with E-state index in [0.29, 0.717) is 30.1 Å². The van der Waals surface area contributed by atoms with Gasteiger partial charge in [0.15, 0.2) is 5.76 Å². The summed E-state index contributed by atoms with van der Waals surface area (Å²) < 4.78 is 5.41. The van der Waals surface area contributed by atoms with E-state index in [1.807, 2.05) is 6.92 Å². The van der Waals surface area contributed by atoms with Crippen molar-refractivity contribution in [2.75, 3.05) is 18.4 Å². The molecule has 0 saturated carbocycles. The summed E-state index contributed by atoms with van der Waals surface area (Å²) in [6.45, 7) is 3.76. The minimum atomic E-state index is -1.16. The lowest BCUT2D eigenvalue weighted by Crippen LogP contribution is -2.38. The second kappa shape index (κ2) is 9.23. The Hall–Kier alpha value is -2.80. The molecule has 2 aromatic rings. The molecular formula is C19H21ClN2O5. The zero-order chi connectivity index (χ0) is 20.0. The first kappa shape index (κ1) is 20.5. The number of carbonyl (C=O) groups excluding carboxylic acids is 2. The van der Waals surface area contributed by atoms with Crippen molar-refractivity contribution in [3.05, 3.63) is 52.4 Å². The maximum atomic E-state index is 12.7. The van der Waals surface area contributed by atoms with E-state index in [4.69, 9.17) is 16.0 Å². The topological polar surface area (TPSA) is 99.9 Å². The number of carboxylic acid groups (broad SMARTS) is 1. The van der Waals surface area contributed by atoms with Crippen molar-refractivity contribution in [2.45, 2.75) is 26.7 Å². The van der Waals surface area contributed by atoms with Gasteiger partial charge >= 0.3 is 5.97 Å². The highest BCUT2D eigenvalue weighted by atomic mass is 35.5. The molecule has 0 saturated heterocycles. The van der Waals surface area contributed by atoms with Crippen LogP contribution in [0.4, 0.5) is 5.69 Å². The summed E-state index contributed by atoms with van der Waals surface area (Å²) in [6.07, 6.45) is 0.979. The lowest BCUT2D eigenvalue weighted by molar-refractivity contribution is -0.116. The summed E-state index contributed by atoms with van der Waals surface area (Å²) >= 11 is 5.81. The lowest BCUT2D eigenvalue weighted by Gasteiger charge is -2.20. The summed E-state index contributed by atoms with van der Waals surface area (Å²) in [6, 6.07) is 7.82. The number of carbonyl (C=O) groups is 3. The maximum absolute atomic E-state index is 12.7. The monoisotopic (exact) mass is 392 g/mol. The van der Waals surface area contributed by atoms with Crippen LogP contribution >= 0.6 is 11.6 Å². The molecule has 7 nitrogen and oxygen atoms in total. The van der Waals surface area contributed by atoms with Crippen LogP contribution in [0.15, 0.2) is 34.7 Å². The zero-order valence-corrected chi connectivity index (χ0v) is 15.9. The Kier molecular flexibility index (Phi) is 7.01. The molecule has 0 unspecified atom stereocenters. The summed E-state index contributed by atoms with van der Waals surface area (Å²) in [5.74, 6) is -1.91. The smallest absolute Gasteiger partial charge is 0.339 e. The highest BCUT2D eigenvalue weighted by molar-refractivity contribution is 6.30. The number of nitrogens with zero attached hydrogens (tertiary/aromatic N) is 1. The van der Waals surface area contributed by atoms with Gasteiger partial charge in [-0.15, -0.1) is 0 Å². The number of hydrogen-bond acceptors (Lipinski definition) is 4. The first-order valence-corrected chi connectivity index (χ1v) is 8.94. The lowest BCUT2D eigenvalue weighted by atomic mass is 10.2. The number of rotatable bonds is 8. The summed E-state index contributed by atoms with van der Waals surface area (Å²) in [7, 11) is 0. The largest absolute Gasteiger partial charge is 0.478 e. The van der Waals surface area contributed by atoms with Gasteiger partial charge in [0.05, 0.1) is 0 Å². The van der Waals surface area contributed by atoms with Crippen molar-refractivity contribution in [2.24, 2.45) is 0 Å². The molecule has 0 spiro atoms. The summed E-state index contributed by atoms with van der Waals surface area (Å²) in [5, 5.41) is 12.4. The number of nitrogens with one attached hydrogen (secondary N) is 1. The highest BCUT2D eigenvalue weighted by Crippen LogP contribution is 2.19. The van der Waals surface area contributed by atoms with Crippen LogP contribution in [0, 0.1) is 0 Å². The Balaban J connectivity index is 2.13. The van der Waals surface area contributed by atoms with Crippen molar-refractivity contribution in [1.82, 2.24) is 4.90 Å². The third-order valence-electron chi connectivity index (χ3n) is 3.81. The van der Waals surface area contributed by atoms with E-state index >= 15 is 0 Å². The van der Waals surface area contributed by atoms with E-state index in [9.17, 15) is 19.5 Å². The Morgan fingerprint density at radius 2 is 1.85 bits per heavy atom. The van der Waals surface area contributed by atoms with Crippen LogP contribution in [0.25, 0.3) is 0 Å². The Bertz CT molecular complexity index is 829. The first-order chi connectivity index (χ1) is 12.8. The minimum absolute atomic E-state index is 0.0390. The van der Waals surface area contributed by atoms with Crippen molar-refractivity contribution in [1.29, 1.82) is 0 Å². The fourth-order valence-corrected chi connectivity index (χ4v) is 2.69. The van der Waals surface area contributed by atoms with E-state index in [1.165, 1.54) is 11.0 Å². The predicted octanol–water partition coefficient (Wildman–Crippen LogP) is 3.68. The number of halogens is 1. The molecule has 0 atom stereocenters. The molecule has 2 N–H and O–H groups in total. The number of aromatic carboxylic acids is 1. The van der Waals surface area contributed by atoms with Crippen molar-refractivity contribution >= 4 is 35.1 Å². The quantitative estimate of drug-likeness (QED) is 0.713. The molecule has 8 heteroatoms. The molecule has 1 aromatic heterocycles. The normalized spacial score (nSPS) is 10.5.